The normalized spacial score (nSPS) is 12.5. The van der Waals surface area contributed by atoms with Crippen LogP contribution in [0.4, 0.5) is 10.1 Å². The van der Waals surface area contributed by atoms with Gasteiger partial charge in [0.2, 0.25) is 11.8 Å². The van der Waals surface area contributed by atoms with Crippen molar-refractivity contribution in [3.8, 4) is 17.2 Å². The molecule has 0 radical (unpaired) electrons. The lowest BCUT2D eigenvalue weighted by molar-refractivity contribution is -0.121. The Morgan fingerprint density at radius 1 is 0.939 bits per heavy atom. The number of nitrogens with one attached hydrogen (secondary N) is 2. The molecule has 0 fully saturated rings. The Hall–Kier alpha value is -3.87. The maximum Gasteiger partial charge on any atom is 0.224 e. The van der Waals surface area contributed by atoms with Gasteiger partial charge in [-0.05, 0) is 78.6 Å². The van der Waals surface area contributed by atoms with Crippen molar-refractivity contribution >= 4 is 17.5 Å². The van der Waals surface area contributed by atoms with Crippen LogP contribution in [0.1, 0.15) is 30.4 Å². The van der Waals surface area contributed by atoms with E-state index in [2.05, 4.69) is 10.6 Å². The minimum atomic E-state index is -0.310. The third-order valence-electron chi connectivity index (χ3n) is 5.25. The van der Waals surface area contributed by atoms with Gasteiger partial charge in [-0.3, -0.25) is 9.59 Å². The van der Waals surface area contributed by atoms with Gasteiger partial charge in [0.1, 0.15) is 23.1 Å². The number of carbonyl (C=O) groups is 2. The number of ether oxygens (including phenoxy) is 2. The second-order valence-corrected chi connectivity index (χ2v) is 7.80. The molecule has 1 heterocycles. The summed E-state index contributed by atoms with van der Waals surface area (Å²) in [5.41, 5.74) is 2.86. The molecule has 0 saturated heterocycles. The maximum absolute atomic E-state index is 13.0. The Kier molecular flexibility index (Phi) is 7.19. The summed E-state index contributed by atoms with van der Waals surface area (Å²) in [5.74, 6) is 1.62. The lowest BCUT2D eigenvalue weighted by atomic mass is 10.0. The molecule has 0 spiro atoms. The van der Waals surface area contributed by atoms with E-state index in [-0.39, 0.29) is 17.6 Å². The molecule has 6 nitrogen and oxygen atoms in total. The van der Waals surface area contributed by atoms with Gasteiger partial charge in [0.05, 0.1) is 6.61 Å². The fraction of sp³-hybridized carbons (Fsp3) is 0.231. The van der Waals surface area contributed by atoms with Crippen molar-refractivity contribution in [1.29, 1.82) is 0 Å². The number of amides is 2. The van der Waals surface area contributed by atoms with Crippen LogP contribution in [0.25, 0.3) is 0 Å². The average molecular weight is 448 g/mol. The molecule has 0 saturated carbocycles. The number of rotatable bonds is 9. The Labute approximate surface area is 191 Å². The number of fused-ring (bicyclic) bond motifs is 1. The maximum atomic E-state index is 13.0. The molecule has 1 aliphatic heterocycles. The van der Waals surface area contributed by atoms with Crippen LogP contribution in [0, 0.1) is 5.82 Å². The van der Waals surface area contributed by atoms with E-state index in [1.165, 1.54) is 12.1 Å². The molecule has 2 N–H and O–H groups in total. The quantitative estimate of drug-likeness (QED) is 0.453. The predicted octanol–water partition coefficient (Wildman–Crippen LogP) is 4.98. The summed E-state index contributed by atoms with van der Waals surface area (Å²) in [7, 11) is 0. The van der Waals surface area contributed by atoms with Crippen molar-refractivity contribution in [1.82, 2.24) is 5.32 Å². The Morgan fingerprint density at radius 2 is 1.64 bits per heavy atom. The predicted molar refractivity (Wildman–Crippen MR) is 123 cm³/mol. The van der Waals surface area contributed by atoms with Gasteiger partial charge in [0.25, 0.3) is 0 Å². The third kappa shape index (κ3) is 6.55. The van der Waals surface area contributed by atoms with E-state index < -0.39 is 0 Å². The van der Waals surface area contributed by atoms with Crippen LogP contribution >= 0.6 is 0 Å². The minimum Gasteiger partial charge on any atom is -0.494 e. The molecule has 0 atom stereocenters. The highest BCUT2D eigenvalue weighted by Crippen LogP contribution is 2.27. The van der Waals surface area contributed by atoms with Crippen LogP contribution in [0.15, 0.2) is 66.7 Å². The van der Waals surface area contributed by atoms with Crippen LogP contribution in [-0.4, -0.2) is 18.4 Å². The number of hydrogen-bond donors (Lipinski definition) is 2. The molecule has 0 bridgehead atoms. The number of hydrogen-bond acceptors (Lipinski definition) is 4. The Balaban J connectivity index is 1.15. The molecule has 2 amide bonds. The lowest BCUT2D eigenvalue weighted by Gasteiger charge is -2.17. The average Bonchev–Trinajstić information content (AvgIpc) is 2.83. The van der Waals surface area contributed by atoms with Gasteiger partial charge >= 0.3 is 0 Å². The van der Waals surface area contributed by atoms with E-state index in [0.717, 1.165) is 22.6 Å². The number of anilines is 1. The summed E-state index contributed by atoms with van der Waals surface area (Å²) in [5, 5.41) is 5.75. The number of halogens is 1. The van der Waals surface area contributed by atoms with Crippen molar-refractivity contribution in [2.24, 2.45) is 0 Å². The van der Waals surface area contributed by atoms with Gasteiger partial charge in [-0.1, -0.05) is 12.1 Å². The van der Waals surface area contributed by atoms with E-state index in [0.29, 0.717) is 50.3 Å². The van der Waals surface area contributed by atoms with Gasteiger partial charge in [-0.15, -0.1) is 0 Å². The summed E-state index contributed by atoms with van der Waals surface area (Å²) in [4.78, 5) is 23.5. The lowest BCUT2D eigenvalue weighted by Crippen LogP contribution is -2.23. The molecule has 0 aromatic heterocycles. The molecule has 1 aliphatic rings. The second kappa shape index (κ2) is 10.6. The van der Waals surface area contributed by atoms with Crippen molar-refractivity contribution in [2.45, 2.75) is 32.2 Å². The Morgan fingerprint density at radius 3 is 2.39 bits per heavy atom. The number of carbonyl (C=O) groups excluding carboxylic acids is 2. The number of benzene rings is 3. The zero-order chi connectivity index (χ0) is 23.0. The van der Waals surface area contributed by atoms with Gasteiger partial charge in [0.15, 0.2) is 0 Å². The van der Waals surface area contributed by atoms with E-state index >= 15 is 0 Å². The van der Waals surface area contributed by atoms with Crippen LogP contribution in [-0.2, 0) is 22.6 Å². The standard InChI is InChI=1S/C26H25FN2O4/c27-20-6-10-22(11-7-20)33-21-8-3-18(4-9-21)17-28-25(30)2-1-15-32-23-12-13-24-19(16-23)5-14-26(31)29-24/h3-4,6-13,16H,1-2,5,14-15,17H2,(H,28,30)(H,29,31). The molecule has 170 valence electrons. The van der Waals surface area contributed by atoms with E-state index in [1.807, 2.05) is 42.5 Å². The van der Waals surface area contributed by atoms with Crippen molar-refractivity contribution in [2.75, 3.05) is 11.9 Å². The zero-order valence-electron chi connectivity index (χ0n) is 18.1. The first-order chi connectivity index (χ1) is 16.0. The Bertz CT molecular complexity index is 1110. The smallest absolute Gasteiger partial charge is 0.224 e. The van der Waals surface area contributed by atoms with Crippen LogP contribution in [0.3, 0.4) is 0 Å². The first-order valence-corrected chi connectivity index (χ1v) is 10.9. The van der Waals surface area contributed by atoms with Crippen LogP contribution < -0.4 is 20.1 Å². The number of aryl methyl sites for hydroxylation is 1. The fourth-order valence-corrected chi connectivity index (χ4v) is 3.48. The molecular weight excluding hydrogens is 423 g/mol. The van der Waals surface area contributed by atoms with Gasteiger partial charge in [0, 0.05) is 25.1 Å². The van der Waals surface area contributed by atoms with Gasteiger partial charge < -0.3 is 20.1 Å². The minimum absolute atomic E-state index is 0.0384. The van der Waals surface area contributed by atoms with E-state index in [1.54, 1.807) is 12.1 Å². The van der Waals surface area contributed by atoms with Crippen molar-refractivity contribution in [3.05, 3.63) is 83.7 Å². The molecular formula is C26H25FN2O4. The highest BCUT2D eigenvalue weighted by Gasteiger charge is 2.15. The summed E-state index contributed by atoms with van der Waals surface area (Å²) in [6.07, 6.45) is 2.16. The van der Waals surface area contributed by atoms with Gasteiger partial charge in [-0.2, -0.15) is 0 Å². The summed E-state index contributed by atoms with van der Waals surface area (Å²) < 4.78 is 24.4. The topological polar surface area (TPSA) is 76.7 Å². The summed E-state index contributed by atoms with van der Waals surface area (Å²) in [6, 6.07) is 18.8. The van der Waals surface area contributed by atoms with E-state index in [4.69, 9.17) is 9.47 Å². The van der Waals surface area contributed by atoms with E-state index in [9.17, 15) is 14.0 Å². The zero-order valence-corrected chi connectivity index (χ0v) is 18.1. The van der Waals surface area contributed by atoms with Crippen LogP contribution in [0.2, 0.25) is 0 Å². The molecule has 7 heteroatoms. The van der Waals surface area contributed by atoms with Crippen molar-refractivity contribution in [3.63, 3.8) is 0 Å². The third-order valence-corrected chi connectivity index (χ3v) is 5.25. The van der Waals surface area contributed by atoms with Crippen molar-refractivity contribution < 1.29 is 23.5 Å². The first-order valence-electron chi connectivity index (χ1n) is 10.9. The second-order valence-electron chi connectivity index (χ2n) is 7.80. The summed E-state index contributed by atoms with van der Waals surface area (Å²) >= 11 is 0. The summed E-state index contributed by atoms with van der Waals surface area (Å²) in [6.45, 7) is 0.862. The molecule has 4 rings (SSSR count). The highest BCUT2D eigenvalue weighted by atomic mass is 19.1. The molecule has 3 aromatic rings. The highest BCUT2D eigenvalue weighted by molar-refractivity contribution is 5.94. The molecule has 33 heavy (non-hydrogen) atoms. The van der Waals surface area contributed by atoms with Crippen LogP contribution in [0.5, 0.6) is 17.2 Å². The largest absolute Gasteiger partial charge is 0.494 e. The van der Waals surface area contributed by atoms with Gasteiger partial charge in [-0.25, -0.2) is 4.39 Å². The molecule has 0 aliphatic carbocycles. The fourth-order valence-electron chi connectivity index (χ4n) is 3.48. The monoisotopic (exact) mass is 448 g/mol. The molecule has 3 aromatic carbocycles. The first kappa shape index (κ1) is 22.3. The molecule has 0 unspecified atom stereocenters. The SMILES string of the molecule is O=C(CCCOc1ccc2c(c1)CCC(=O)N2)NCc1ccc(Oc2ccc(F)cc2)cc1.